The summed E-state index contributed by atoms with van der Waals surface area (Å²) in [7, 11) is 2.58. The van der Waals surface area contributed by atoms with Crippen LogP contribution in [0.15, 0.2) is 78.7 Å². The van der Waals surface area contributed by atoms with Gasteiger partial charge in [-0.15, -0.1) is 0 Å². The zero-order chi connectivity index (χ0) is 45.2. The number of rotatable bonds is 9. The van der Waals surface area contributed by atoms with Crippen LogP contribution in [0.1, 0.15) is 130 Å². The van der Waals surface area contributed by atoms with Crippen molar-refractivity contribution in [1.29, 1.82) is 0 Å². The van der Waals surface area contributed by atoms with E-state index in [-0.39, 0.29) is 47.8 Å². The van der Waals surface area contributed by atoms with Crippen LogP contribution < -0.4 is 10.6 Å². The first kappa shape index (κ1) is 44.0. The minimum absolute atomic E-state index is 0.0199. The Labute approximate surface area is 373 Å². The molecule has 2 aromatic heterocycles. The van der Waals surface area contributed by atoms with Gasteiger partial charge in [0.1, 0.15) is 36.1 Å². The maximum Gasteiger partial charge on any atom is 0.407 e. The fraction of sp³-hybridized carbons (Fsp3) is 0.429. The van der Waals surface area contributed by atoms with Gasteiger partial charge in [-0.1, -0.05) is 75.4 Å². The Hall–Kier alpha value is -6.64. The first-order valence-corrected chi connectivity index (χ1v) is 22.2. The zero-order valence-corrected chi connectivity index (χ0v) is 37.5. The number of hydrogen-bond donors (Lipinski definition) is 4. The minimum atomic E-state index is -0.918. The Morgan fingerprint density at radius 2 is 1.53 bits per heavy atom. The third kappa shape index (κ3) is 8.67. The average molecular weight is 871 g/mol. The van der Waals surface area contributed by atoms with E-state index >= 15 is 0 Å². The van der Waals surface area contributed by atoms with Crippen LogP contribution in [0.2, 0.25) is 0 Å². The third-order valence-electron chi connectivity index (χ3n) is 13.0. The molecule has 0 radical (unpaired) electrons. The predicted molar refractivity (Wildman–Crippen MR) is 241 cm³/mol. The van der Waals surface area contributed by atoms with Crippen molar-refractivity contribution in [3.05, 3.63) is 118 Å². The largest absolute Gasteiger partial charge is 0.489 e. The van der Waals surface area contributed by atoms with Crippen molar-refractivity contribution >= 4 is 35.6 Å². The van der Waals surface area contributed by atoms with E-state index in [1.165, 1.54) is 14.2 Å². The number of imidazole rings is 2. The standard InChI is InChI=1S/C49H58N8O7/c1-27(2)41(54-48(60)62-6)46(58)56-29(4)17-21-38(56)44-50-25-37(52-44)32-19-20-34-33(24-32)26-64-40-23-28(3)42-36(16-12-11-15-35(34)40)51-45(53-42)39-22-18-30(5)57(39)47(59)43(55-49(61)63-7)31-13-9-8-10-14-31/h8-10,12-16,19-20,23-25,27-30,38-39,41,43H,11,17-18,21-22,26H2,1-7H3,(H,50,52)(H,51,53)(H,54,60)(H,55,61)/b16-12-,35-15?,40-23?/t28?,29-,30-,38?,39?,41-,43+/m0/s1. The monoisotopic (exact) mass is 870 g/mol. The third-order valence-corrected chi connectivity index (χ3v) is 13.0. The summed E-state index contributed by atoms with van der Waals surface area (Å²) in [4.78, 5) is 73.6. The summed E-state index contributed by atoms with van der Waals surface area (Å²) in [6.07, 6.45) is 12.7. The lowest BCUT2D eigenvalue weighted by molar-refractivity contribution is -0.137. The first-order valence-electron chi connectivity index (χ1n) is 22.2. The Morgan fingerprint density at radius 1 is 0.844 bits per heavy atom. The molecular formula is C49H58N8O7. The number of ether oxygens (including phenoxy) is 3. The molecule has 15 nitrogen and oxygen atoms in total. The van der Waals surface area contributed by atoms with Gasteiger partial charge in [0.2, 0.25) is 5.91 Å². The summed E-state index contributed by atoms with van der Waals surface area (Å²) < 4.78 is 16.3. The molecule has 15 heteroatoms. The van der Waals surface area contributed by atoms with Gasteiger partial charge in [0.25, 0.3) is 5.91 Å². The van der Waals surface area contributed by atoms with E-state index in [4.69, 9.17) is 24.2 Å². The van der Waals surface area contributed by atoms with Gasteiger partial charge in [-0.2, -0.15) is 0 Å². The zero-order valence-electron chi connectivity index (χ0n) is 37.5. The fourth-order valence-electron chi connectivity index (χ4n) is 9.60. The van der Waals surface area contributed by atoms with E-state index in [1.807, 2.05) is 80.1 Å². The molecule has 2 saturated heterocycles. The lowest BCUT2D eigenvalue weighted by Crippen LogP contribution is -2.52. The molecule has 0 saturated carbocycles. The van der Waals surface area contributed by atoms with Crippen LogP contribution in [0.4, 0.5) is 9.59 Å². The van der Waals surface area contributed by atoms with Gasteiger partial charge in [0.05, 0.1) is 43.9 Å². The van der Waals surface area contributed by atoms with E-state index in [0.717, 1.165) is 70.8 Å². The van der Waals surface area contributed by atoms with Crippen LogP contribution in [-0.4, -0.2) is 86.1 Å². The van der Waals surface area contributed by atoms with Crippen LogP contribution in [0, 0.1) is 5.92 Å². The number of methoxy groups -OCH3 is 2. The molecule has 64 heavy (non-hydrogen) atoms. The molecule has 0 spiro atoms. The SMILES string of the molecule is COC(=O)N[C@H](C(=O)N1C(c2ncc(-c3ccc4c(c3)COC3=CC(C)c5[nH]c(C6CC[C@H](C)N6C(=O)[C@H](NC(=O)OC)c6ccccc6)nc5/C=C\CC=C34)[nH]2)CC[C@@H]1C)C(C)C. The number of aromatic nitrogens is 4. The molecule has 2 aromatic carbocycles. The number of amides is 4. The molecule has 336 valence electrons. The Morgan fingerprint density at radius 3 is 2.23 bits per heavy atom. The number of nitrogens with zero attached hydrogens (tertiary/aromatic N) is 4. The summed E-state index contributed by atoms with van der Waals surface area (Å²) >= 11 is 0. The van der Waals surface area contributed by atoms with Crippen molar-refractivity contribution < 1.29 is 33.4 Å². The van der Waals surface area contributed by atoms with E-state index in [2.05, 4.69) is 64.0 Å². The van der Waals surface area contributed by atoms with Gasteiger partial charge in [-0.05, 0) is 92.3 Å². The number of allylic oxidation sites excluding steroid dienone is 4. The number of nitrogens with one attached hydrogen (secondary N) is 4. The van der Waals surface area contributed by atoms with Gasteiger partial charge in [-0.25, -0.2) is 19.6 Å². The lowest BCUT2D eigenvalue weighted by Gasteiger charge is -2.32. The molecule has 7 atom stereocenters. The number of likely N-dealkylation sites (tertiary alicyclic amines) is 2. The second kappa shape index (κ2) is 18.6. The summed E-state index contributed by atoms with van der Waals surface area (Å²) in [6, 6.07) is 13.3. The number of H-pyrrole nitrogens is 2. The second-order valence-corrected chi connectivity index (χ2v) is 17.6. The first-order chi connectivity index (χ1) is 30.9. The van der Waals surface area contributed by atoms with E-state index in [9.17, 15) is 19.2 Å². The van der Waals surface area contributed by atoms with Gasteiger partial charge < -0.3 is 44.6 Å². The molecule has 4 amide bonds. The molecule has 1 aliphatic carbocycles. The van der Waals surface area contributed by atoms with Gasteiger partial charge in [-0.3, -0.25) is 9.59 Å². The molecule has 3 aliphatic heterocycles. The van der Waals surface area contributed by atoms with E-state index < -0.39 is 24.3 Å². The van der Waals surface area contributed by atoms with Gasteiger partial charge in [0.15, 0.2) is 0 Å². The maximum absolute atomic E-state index is 14.4. The summed E-state index contributed by atoms with van der Waals surface area (Å²) in [5.41, 5.74) is 7.36. The van der Waals surface area contributed by atoms with Crippen molar-refractivity contribution in [2.75, 3.05) is 14.2 Å². The highest BCUT2D eigenvalue weighted by atomic mass is 16.5. The second-order valence-electron chi connectivity index (χ2n) is 17.6. The number of aromatic amines is 2. The van der Waals surface area contributed by atoms with Gasteiger partial charge in [0, 0.05) is 29.3 Å². The molecule has 5 heterocycles. The molecule has 8 rings (SSSR count). The molecule has 0 bridgehead atoms. The van der Waals surface area contributed by atoms with Crippen molar-refractivity contribution in [2.45, 2.75) is 115 Å². The van der Waals surface area contributed by atoms with Crippen LogP contribution >= 0.6 is 0 Å². The topological polar surface area (TPSA) is 184 Å². The van der Waals surface area contributed by atoms with Crippen molar-refractivity contribution in [2.24, 2.45) is 5.92 Å². The number of alkyl carbamates (subject to hydrolysis) is 2. The summed E-state index contributed by atoms with van der Waals surface area (Å²) in [5, 5.41) is 5.49. The number of benzene rings is 2. The molecule has 4 aliphatic rings. The molecule has 2 fully saturated rings. The highest BCUT2D eigenvalue weighted by Crippen LogP contribution is 2.42. The van der Waals surface area contributed by atoms with Crippen molar-refractivity contribution in [3.8, 4) is 11.3 Å². The predicted octanol–water partition coefficient (Wildman–Crippen LogP) is 8.40. The Kier molecular flexibility index (Phi) is 12.8. The highest BCUT2D eigenvalue weighted by molar-refractivity contribution is 5.88. The number of fused-ring (bicyclic) bond motifs is 4. The molecule has 3 unspecified atom stereocenters. The summed E-state index contributed by atoms with van der Waals surface area (Å²) in [6.45, 7) is 10.4. The molecular weight excluding hydrogens is 813 g/mol. The molecule has 4 N–H and O–H groups in total. The normalized spacial score (nSPS) is 23.0. The Bertz CT molecular complexity index is 2490. The van der Waals surface area contributed by atoms with Gasteiger partial charge >= 0.3 is 12.2 Å². The van der Waals surface area contributed by atoms with Crippen LogP contribution in [0.25, 0.3) is 22.9 Å². The van der Waals surface area contributed by atoms with Crippen molar-refractivity contribution in [3.63, 3.8) is 0 Å². The van der Waals surface area contributed by atoms with E-state index in [0.29, 0.717) is 30.2 Å². The quantitative estimate of drug-likeness (QED) is 0.128. The van der Waals surface area contributed by atoms with Crippen LogP contribution in [0.5, 0.6) is 0 Å². The van der Waals surface area contributed by atoms with Crippen molar-refractivity contribution in [1.82, 2.24) is 40.4 Å². The number of carbonyl (C=O) groups excluding carboxylic acids is 4. The molecule has 4 aromatic rings. The van der Waals surface area contributed by atoms with Crippen LogP contribution in [0.3, 0.4) is 0 Å². The number of carbonyl (C=O) groups is 4. The number of hydrogen-bond acceptors (Lipinski definition) is 9. The van der Waals surface area contributed by atoms with E-state index in [1.54, 1.807) is 0 Å². The van der Waals surface area contributed by atoms with Crippen LogP contribution in [-0.2, 0) is 30.4 Å². The maximum atomic E-state index is 14.4. The lowest BCUT2D eigenvalue weighted by atomic mass is 9.91. The minimum Gasteiger partial charge on any atom is -0.489 e. The highest BCUT2D eigenvalue weighted by Gasteiger charge is 2.43. The fourth-order valence-corrected chi connectivity index (χ4v) is 9.60. The average Bonchev–Trinajstić information content (AvgIpc) is 4.12. The Balaban J connectivity index is 1.01. The summed E-state index contributed by atoms with van der Waals surface area (Å²) in [5.74, 6) is 1.59. The smallest absolute Gasteiger partial charge is 0.407 e.